The van der Waals surface area contributed by atoms with Gasteiger partial charge in [0, 0.05) is 6.92 Å². The second-order valence-electron chi connectivity index (χ2n) is 5.11. The minimum atomic E-state index is -1.11. The molecule has 0 saturated heterocycles. The van der Waals surface area contributed by atoms with Crippen LogP contribution in [-0.2, 0) is 16.1 Å². The minimum absolute atomic E-state index is 0.260. The third kappa shape index (κ3) is 4.42. The molecule has 0 radical (unpaired) electrons. The van der Waals surface area contributed by atoms with Gasteiger partial charge in [-0.05, 0) is 17.7 Å². The Bertz CT molecular complexity index is 767. The fourth-order valence-electron chi connectivity index (χ4n) is 2.32. The van der Waals surface area contributed by atoms with E-state index < -0.39 is 12.1 Å². The summed E-state index contributed by atoms with van der Waals surface area (Å²) in [5, 5.41) is 9.37. The van der Waals surface area contributed by atoms with Gasteiger partial charge in [-0.25, -0.2) is 0 Å². The Kier molecular flexibility index (Phi) is 6.24. The number of rotatable bonds is 7. The van der Waals surface area contributed by atoms with Crippen LogP contribution in [0.4, 0.5) is 0 Å². The zero-order chi connectivity index (χ0) is 18.2. The highest BCUT2D eigenvalue weighted by molar-refractivity contribution is 5.67. The molecule has 130 valence electrons. The summed E-state index contributed by atoms with van der Waals surface area (Å²) in [7, 11) is 2.98. The van der Waals surface area contributed by atoms with Crippen LogP contribution in [0.3, 0.4) is 0 Å². The number of esters is 1. The second kappa shape index (κ2) is 8.60. The van der Waals surface area contributed by atoms with E-state index in [-0.39, 0.29) is 6.61 Å². The van der Waals surface area contributed by atoms with Crippen LogP contribution in [0.2, 0.25) is 0 Å². The number of carbonyl (C=O) groups is 1. The molecule has 0 fully saturated rings. The molecule has 0 aliphatic rings. The molecule has 0 amide bonds. The topological polar surface area (TPSA) is 77.8 Å². The molecule has 6 nitrogen and oxygen atoms in total. The van der Waals surface area contributed by atoms with Crippen LogP contribution in [-0.4, -0.2) is 20.2 Å². The Hall–Kier alpha value is -3.20. The monoisotopic (exact) mass is 341 g/mol. The number of ether oxygens (including phenoxy) is 4. The van der Waals surface area contributed by atoms with Gasteiger partial charge >= 0.3 is 5.97 Å². The summed E-state index contributed by atoms with van der Waals surface area (Å²) in [5.41, 5.74) is 1.34. The average molecular weight is 341 g/mol. The third-order valence-electron chi connectivity index (χ3n) is 3.44. The standard InChI is InChI=1S/C19H19NO5/c1-13(21)25-17(11-20)15-9-10-16(22-2)19(23-3)18(15)24-12-14-7-5-4-6-8-14/h4-10,17H,12H2,1-3H3/t17-/m0/s1. The molecule has 0 aromatic heterocycles. The van der Waals surface area contributed by atoms with Crippen molar-refractivity contribution >= 4 is 5.97 Å². The fourth-order valence-corrected chi connectivity index (χ4v) is 2.32. The van der Waals surface area contributed by atoms with Crippen LogP contribution >= 0.6 is 0 Å². The number of benzene rings is 2. The van der Waals surface area contributed by atoms with E-state index in [1.165, 1.54) is 21.1 Å². The van der Waals surface area contributed by atoms with Gasteiger partial charge < -0.3 is 18.9 Å². The summed E-state index contributed by atoms with van der Waals surface area (Å²) >= 11 is 0. The van der Waals surface area contributed by atoms with Crippen LogP contribution in [0, 0.1) is 11.3 Å². The van der Waals surface area contributed by atoms with E-state index in [0.29, 0.717) is 22.8 Å². The van der Waals surface area contributed by atoms with E-state index in [1.54, 1.807) is 12.1 Å². The van der Waals surface area contributed by atoms with Crippen LogP contribution in [0.25, 0.3) is 0 Å². The van der Waals surface area contributed by atoms with E-state index in [4.69, 9.17) is 18.9 Å². The highest BCUT2D eigenvalue weighted by atomic mass is 16.6. The molecule has 2 aromatic rings. The zero-order valence-electron chi connectivity index (χ0n) is 14.3. The summed E-state index contributed by atoms with van der Waals surface area (Å²) in [6, 6.07) is 14.8. The first kappa shape index (κ1) is 18.1. The second-order valence-corrected chi connectivity index (χ2v) is 5.11. The van der Waals surface area contributed by atoms with Crippen molar-refractivity contribution in [1.82, 2.24) is 0 Å². The first-order valence-electron chi connectivity index (χ1n) is 7.59. The van der Waals surface area contributed by atoms with Gasteiger partial charge in [-0.2, -0.15) is 5.26 Å². The van der Waals surface area contributed by atoms with Crippen molar-refractivity contribution in [2.75, 3.05) is 14.2 Å². The van der Waals surface area contributed by atoms with Gasteiger partial charge in [0.25, 0.3) is 0 Å². The van der Waals surface area contributed by atoms with Gasteiger partial charge in [-0.15, -0.1) is 0 Å². The quantitative estimate of drug-likeness (QED) is 0.718. The van der Waals surface area contributed by atoms with Crippen molar-refractivity contribution in [3.8, 4) is 23.3 Å². The molecular formula is C19H19NO5. The largest absolute Gasteiger partial charge is 0.493 e. The Labute approximate surface area is 146 Å². The molecule has 6 heteroatoms. The number of hydrogen-bond acceptors (Lipinski definition) is 6. The smallest absolute Gasteiger partial charge is 0.304 e. The van der Waals surface area contributed by atoms with Crippen molar-refractivity contribution in [2.45, 2.75) is 19.6 Å². The van der Waals surface area contributed by atoms with Crippen LogP contribution in [0.1, 0.15) is 24.2 Å². The summed E-state index contributed by atoms with van der Waals surface area (Å²) in [5.74, 6) is 0.533. The molecular weight excluding hydrogens is 322 g/mol. The maximum Gasteiger partial charge on any atom is 0.304 e. The molecule has 0 spiro atoms. The molecule has 0 aliphatic carbocycles. The van der Waals surface area contributed by atoms with Crippen molar-refractivity contribution in [2.24, 2.45) is 0 Å². The van der Waals surface area contributed by atoms with E-state index >= 15 is 0 Å². The summed E-state index contributed by atoms with van der Waals surface area (Å²) in [4.78, 5) is 11.3. The van der Waals surface area contributed by atoms with Crippen molar-refractivity contribution in [1.29, 1.82) is 5.26 Å². The lowest BCUT2D eigenvalue weighted by atomic mass is 10.1. The average Bonchev–Trinajstić information content (AvgIpc) is 2.64. The van der Waals surface area contributed by atoms with E-state index in [1.807, 2.05) is 36.4 Å². The van der Waals surface area contributed by atoms with Crippen molar-refractivity contribution < 1.29 is 23.7 Å². The lowest BCUT2D eigenvalue weighted by molar-refractivity contribution is -0.144. The number of methoxy groups -OCH3 is 2. The Morgan fingerprint density at radius 1 is 1.08 bits per heavy atom. The summed E-state index contributed by atoms with van der Waals surface area (Å²) in [6.45, 7) is 1.51. The summed E-state index contributed by atoms with van der Waals surface area (Å²) < 4.78 is 21.7. The number of carbonyl (C=O) groups excluding carboxylic acids is 1. The van der Waals surface area contributed by atoms with E-state index in [9.17, 15) is 10.1 Å². The molecule has 2 rings (SSSR count). The lowest BCUT2D eigenvalue weighted by Gasteiger charge is -2.19. The molecule has 0 saturated carbocycles. The highest BCUT2D eigenvalue weighted by Gasteiger charge is 2.25. The van der Waals surface area contributed by atoms with Gasteiger partial charge in [0.15, 0.2) is 11.5 Å². The summed E-state index contributed by atoms with van der Waals surface area (Å²) in [6.07, 6.45) is -1.11. The normalized spacial score (nSPS) is 11.1. The predicted octanol–water partition coefficient (Wildman–Crippen LogP) is 3.41. The SMILES string of the molecule is COc1ccc([C@H](C#N)OC(C)=O)c(OCc2ccccc2)c1OC. The molecule has 0 unspecified atom stereocenters. The number of nitriles is 1. The van der Waals surface area contributed by atoms with Crippen molar-refractivity contribution in [3.63, 3.8) is 0 Å². The first-order valence-corrected chi connectivity index (χ1v) is 7.59. The number of nitrogens with zero attached hydrogens (tertiary/aromatic N) is 1. The lowest BCUT2D eigenvalue weighted by Crippen LogP contribution is -2.10. The minimum Gasteiger partial charge on any atom is -0.493 e. The van der Waals surface area contributed by atoms with Crippen LogP contribution in [0.15, 0.2) is 42.5 Å². The molecule has 0 heterocycles. The van der Waals surface area contributed by atoms with Gasteiger partial charge in [0.2, 0.25) is 11.9 Å². The Morgan fingerprint density at radius 3 is 2.36 bits per heavy atom. The Morgan fingerprint density at radius 2 is 1.80 bits per heavy atom. The molecule has 0 aliphatic heterocycles. The van der Waals surface area contributed by atoms with Gasteiger partial charge in [0.1, 0.15) is 12.7 Å². The first-order chi connectivity index (χ1) is 12.1. The molecule has 0 bridgehead atoms. The maximum absolute atomic E-state index is 11.3. The fraction of sp³-hybridized carbons (Fsp3) is 0.263. The van der Waals surface area contributed by atoms with Crippen molar-refractivity contribution in [3.05, 3.63) is 53.6 Å². The Balaban J connectivity index is 2.44. The van der Waals surface area contributed by atoms with E-state index in [0.717, 1.165) is 5.56 Å². The number of hydrogen-bond donors (Lipinski definition) is 0. The highest BCUT2D eigenvalue weighted by Crippen LogP contribution is 2.43. The molecule has 0 N–H and O–H groups in total. The van der Waals surface area contributed by atoms with E-state index in [2.05, 4.69) is 0 Å². The zero-order valence-corrected chi connectivity index (χ0v) is 14.3. The van der Waals surface area contributed by atoms with Gasteiger partial charge in [0.05, 0.1) is 19.8 Å². The molecule has 1 atom stereocenters. The third-order valence-corrected chi connectivity index (χ3v) is 3.44. The molecule has 2 aromatic carbocycles. The predicted molar refractivity (Wildman–Crippen MR) is 90.4 cm³/mol. The van der Waals surface area contributed by atoms with Crippen LogP contribution < -0.4 is 14.2 Å². The van der Waals surface area contributed by atoms with Gasteiger partial charge in [-0.3, -0.25) is 4.79 Å². The molecule has 25 heavy (non-hydrogen) atoms. The maximum atomic E-state index is 11.3. The van der Waals surface area contributed by atoms with Crippen LogP contribution in [0.5, 0.6) is 17.2 Å². The van der Waals surface area contributed by atoms with Gasteiger partial charge in [-0.1, -0.05) is 30.3 Å².